The molecular weight excluding hydrogens is 236 g/mol. The minimum atomic E-state index is 0.864. The number of nitrogens with zero attached hydrogens (tertiary/aromatic N) is 3. The lowest BCUT2D eigenvalue weighted by Gasteiger charge is -2.14. The normalized spacial score (nSPS) is 10.5. The van der Waals surface area contributed by atoms with E-state index in [9.17, 15) is 0 Å². The monoisotopic (exact) mass is 256 g/mol. The Balaban J connectivity index is 2.56. The van der Waals surface area contributed by atoms with Gasteiger partial charge in [-0.05, 0) is 31.9 Å². The summed E-state index contributed by atoms with van der Waals surface area (Å²) in [6.07, 6.45) is 7.36. The number of rotatable bonds is 5. The maximum absolute atomic E-state index is 4.49. The molecule has 0 aliphatic heterocycles. The van der Waals surface area contributed by atoms with E-state index in [1.807, 2.05) is 18.5 Å². The summed E-state index contributed by atoms with van der Waals surface area (Å²) in [7, 11) is 0. The van der Waals surface area contributed by atoms with Crippen LogP contribution in [0.5, 0.6) is 0 Å². The van der Waals surface area contributed by atoms with E-state index in [4.69, 9.17) is 0 Å². The predicted octanol–water partition coefficient (Wildman–Crippen LogP) is 3.23. The Morgan fingerprint density at radius 3 is 2.74 bits per heavy atom. The van der Waals surface area contributed by atoms with Gasteiger partial charge in [-0.2, -0.15) is 0 Å². The molecule has 4 nitrogen and oxygen atoms in total. The van der Waals surface area contributed by atoms with Crippen molar-refractivity contribution in [2.45, 2.75) is 33.6 Å². The molecule has 19 heavy (non-hydrogen) atoms. The lowest BCUT2D eigenvalue weighted by atomic mass is 10.0. The van der Waals surface area contributed by atoms with Gasteiger partial charge in [-0.3, -0.25) is 4.98 Å². The number of pyridine rings is 1. The molecule has 2 aromatic rings. The Morgan fingerprint density at radius 2 is 2.05 bits per heavy atom. The zero-order valence-electron chi connectivity index (χ0n) is 11.8. The minimum Gasteiger partial charge on any atom is -0.370 e. The van der Waals surface area contributed by atoms with E-state index < -0.39 is 0 Å². The Labute approximate surface area is 114 Å². The summed E-state index contributed by atoms with van der Waals surface area (Å²) in [5, 5.41) is 3.32. The number of anilines is 1. The molecule has 0 radical (unpaired) electrons. The fourth-order valence-electron chi connectivity index (χ4n) is 2.19. The second-order valence-corrected chi connectivity index (χ2v) is 4.52. The number of aryl methyl sites for hydroxylation is 1. The number of nitrogens with one attached hydrogen (secondary N) is 1. The van der Waals surface area contributed by atoms with Crippen molar-refractivity contribution in [1.29, 1.82) is 0 Å². The van der Waals surface area contributed by atoms with Crippen LogP contribution in [0.4, 0.5) is 5.82 Å². The van der Waals surface area contributed by atoms with Crippen LogP contribution in [-0.4, -0.2) is 21.5 Å². The third-order valence-electron chi connectivity index (χ3n) is 3.06. The van der Waals surface area contributed by atoms with Crippen LogP contribution in [0.15, 0.2) is 24.8 Å². The van der Waals surface area contributed by atoms with Crippen LogP contribution in [0.3, 0.4) is 0 Å². The van der Waals surface area contributed by atoms with Gasteiger partial charge in [-0.1, -0.05) is 13.3 Å². The van der Waals surface area contributed by atoms with Crippen molar-refractivity contribution in [2.24, 2.45) is 0 Å². The van der Waals surface area contributed by atoms with Crippen LogP contribution in [0, 0.1) is 6.92 Å². The van der Waals surface area contributed by atoms with E-state index in [2.05, 4.69) is 41.0 Å². The summed E-state index contributed by atoms with van der Waals surface area (Å²) in [4.78, 5) is 13.0. The molecule has 0 aromatic carbocycles. The van der Waals surface area contributed by atoms with Crippen molar-refractivity contribution in [3.8, 4) is 11.3 Å². The van der Waals surface area contributed by atoms with Gasteiger partial charge in [0.05, 0.1) is 5.69 Å². The molecule has 0 saturated carbocycles. The molecule has 2 aromatic heterocycles. The van der Waals surface area contributed by atoms with Gasteiger partial charge in [0.1, 0.15) is 12.1 Å². The molecule has 0 aliphatic rings. The quantitative estimate of drug-likeness (QED) is 0.892. The van der Waals surface area contributed by atoms with Crippen molar-refractivity contribution in [3.05, 3.63) is 35.9 Å². The fraction of sp³-hybridized carbons (Fsp3) is 0.400. The van der Waals surface area contributed by atoms with Gasteiger partial charge in [-0.25, -0.2) is 9.97 Å². The Bertz CT molecular complexity index is 552. The second kappa shape index (κ2) is 6.27. The zero-order valence-corrected chi connectivity index (χ0v) is 11.8. The van der Waals surface area contributed by atoms with Gasteiger partial charge in [0.2, 0.25) is 0 Å². The molecule has 4 heteroatoms. The Morgan fingerprint density at radius 1 is 1.21 bits per heavy atom. The molecule has 0 unspecified atom stereocenters. The van der Waals surface area contributed by atoms with Gasteiger partial charge >= 0.3 is 0 Å². The van der Waals surface area contributed by atoms with Gasteiger partial charge in [0.15, 0.2) is 0 Å². The van der Waals surface area contributed by atoms with E-state index in [1.165, 1.54) is 5.56 Å². The summed E-state index contributed by atoms with van der Waals surface area (Å²) in [6, 6.07) is 2.02. The average molecular weight is 256 g/mol. The summed E-state index contributed by atoms with van der Waals surface area (Å²) in [6.45, 7) is 7.18. The van der Waals surface area contributed by atoms with Crippen LogP contribution >= 0.6 is 0 Å². The second-order valence-electron chi connectivity index (χ2n) is 4.52. The van der Waals surface area contributed by atoms with Crippen molar-refractivity contribution in [1.82, 2.24) is 15.0 Å². The summed E-state index contributed by atoms with van der Waals surface area (Å²) < 4.78 is 0. The zero-order chi connectivity index (χ0) is 13.7. The van der Waals surface area contributed by atoms with Crippen molar-refractivity contribution in [2.75, 3.05) is 11.9 Å². The largest absolute Gasteiger partial charge is 0.370 e. The highest BCUT2D eigenvalue weighted by Crippen LogP contribution is 2.28. The third kappa shape index (κ3) is 2.89. The minimum absolute atomic E-state index is 0.864. The molecule has 0 bridgehead atoms. The van der Waals surface area contributed by atoms with E-state index in [-0.39, 0.29) is 0 Å². The van der Waals surface area contributed by atoms with E-state index >= 15 is 0 Å². The molecule has 2 heterocycles. The van der Waals surface area contributed by atoms with Gasteiger partial charge in [-0.15, -0.1) is 0 Å². The van der Waals surface area contributed by atoms with Gasteiger partial charge in [0, 0.05) is 30.1 Å². The first-order chi connectivity index (χ1) is 9.27. The SMILES string of the molecule is CCCc1c(NCC)ncnc1-c1ccncc1C. The maximum atomic E-state index is 4.49. The first kappa shape index (κ1) is 13.5. The van der Waals surface area contributed by atoms with Crippen LogP contribution in [0.2, 0.25) is 0 Å². The number of aromatic nitrogens is 3. The summed E-state index contributed by atoms with van der Waals surface area (Å²) >= 11 is 0. The fourth-order valence-corrected chi connectivity index (χ4v) is 2.19. The smallest absolute Gasteiger partial charge is 0.133 e. The summed E-state index contributed by atoms with van der Waals surface area (Å²) in [5.41, 5.74) is 4.50. The molecule has 0 atom stereocenters. The average Bonchev–Trinajstić information content (AvgIpc) is 2.42. The standard InChI is InChI=1S/C15H20N4/c1-4-6-13-14(12-7-8-16-9-11(12)3)18-10-19-15(13)17-5-2/h7-10H,4-6H2,1-3H3,(H,17,18,19). The van der Waals surface area contributed by atoms with Crippen molar-refractivity contribution < 1.29 is 0 Å². The topological polar surface area (TPSA) is 50.7 Å². The summed E-state index contributed by atoms with van der Waals surface area (Å²) in [5.74, 6) is 0.950. The Hall–Kier alpha value is -1.97. The van der Waals surface area contributed by atoms with Crippen LogP contribution in [0.1, 0.15) is 31.4 Å². The molecule has 0 amide bonds. The molecule has 0 aliphatic carbocycles. The molecule has 2 rings (SSSR count). The highest BCUT2D eigenvalue weighted by molar-refractivity contribution is 5.70. The maximum Gasteiger partial charge on any atom is 0.133 e. The molecule has 0 saturated heterocycles. The lowest BCUT2D eigenvalue weighted by Crippen LogP contribution is -2.06. The van der Waals surface area contributed by atoms with E-state index in [0.29, 0.717) is 0 Å². The van der Waals surface area contributed by atoms with Crippen LogP contribution in [0.25, 0.3) is 11.3 Å². The van der Waals surface area contributed by atoms with Gasteiger partial charge < -0.3 is 5.32 Å². The molecular formula is C15H20N4. The van der Waals surface area contributed by atoms with Crippen molar-refractivity contribution >= 4 is 5.82 Å². The molecule has 1 N–H and O–H groups in total. The molecule has 0 spiro atoms. The lowest BCUT2D eigenvalue weighted by molar-refractivity contribution is 0.901. The van der Waals surface area contributed by atoms with Crippen LogP contribution in [-0.2, 0) is 6.42 Å². The first-order valence-corrected chi connectivity index (χ1v) is 6.76. The first-order valence-electron chi connectivity index (χ1n) is 6.76. The molecule has 100 valence electrons. The van der Waals surface area contributed by atoms with Gasteiger partial charge in [0.25, 0.3) is 0 Å². The number of hydrogen-bond donors (Lipinski definition) is 1. The highest BCUT2D eigenvalue weighted by atomic mass is 15.0. The van der Waals surface area contributed by atoms with E-state index in [1.54, 1.807) is 6.33 Å². The predicted molar refractivity (Wildman–Crippen MR) is 78.2 cm³/mol. The van der Waals surface area contributed by atoms with E-state index in [0.717, 1.165) is 42.0 Å². The Kier molecular flexibility index (Phi) is 4.44. The third-order valence-corrected chi connectivity index (χ3v) is 3.06. The van der Waals surface area contributed by atoms with Crippen molar-refractivity contribution in [3.63, 3.8) is 0 Å². The number of hydrogen-bond acceptors (Lipinski definition) is 4. The van der Waals surface area contributed by atoms with Crippen LogP contribution < -0.4 is 5.32 Å². The highest BCUT2D eigenvalue weighted by Gasteiger charge is 2.13. The molecule has 0 fully saturated rings.